The minimum absolute atomic E-state index is 0.00235. The van der Waals surface area contributed by atoms with Crippen LogP contribution in [0.15, 0.2) is 24.3 Å². The molecule has 1 aromatic rings. The van der Waals surface area contributed by atoms with E-state index in [1.165, 1.54) is 11.8 Å². The van der Waals surface area contributed by atoms with Gasteiger partial charge in [-0.2, -0.15) is 11.8 Å². The number of carbonyl (C=O) groups excluding carboxylic acids is 7. The molecule has 0 spiro atoms. The number of urea groups is 1. The van der Waals surface area contributed by atoms with Crippen LogP contribution in [0.2, 0.25) is 0 Å². The number of thioether (sulfide) groups is 1. The zero-order valence-electron chi connectivity index (χ0n) is 49.7. The Balaban J connectivity index is 0.784. The van der Waals surface area contributed by atoms with Gasteiger partial charge in [0.25, 0.3) is 0 Å². The van der Waals surface area contributed by atoms with Gasteiger partial charge in [-0.1, -0.05) is 31.4 Å². The summed E-state index contributed by atoms with van der Waals surface area (Å²) in [4.78, 5) is 86.9. The summed E-state index contributed by atoms with van der Waals surface area (Å²) in [5.41, 5.74) is 0.875. The van der Waals surface area contributed by atoms with Gasteiger partial charge in [0.05, 0.1) is 137 Å². The van der Waals surface area contributed by atoms with Gasteiger partial charge in [0.1, 0.15) is 18.0 Å². The molecular weight excluding hydrogens is 1110 g/mol. The van der Waals surface area contributed by atoms with Gasteiger partial charge in [0.15, 0.2) is 0 Å². The molecule has 0 aromatic heterocycles. The first-order valence-corrected chi connectivity index (χ1v) is 31.1. The van der Waals surface area contributed by atoms with Crippen LogP contribution in [0.3, 0.4) is 0 Å². The van der Waals surface area contributed by atoms with Crippen LogP contribution in [-0.2, 0) is 77.8 Å². The molecule has 0 radical (unpaired) electrons. The van der Waals surface area contributed by atoms with Crippen molar-refractivity contribution in [1.29, 1.82) is 0 Å². The van der Waals surface area contributed by atoms with Crippen molar-refractivity contribution in [2.45, 2.75) is 139 Å². The summed E-state index contributed by atoms with van der Waals surface area (Å²) >= 11 is 1.90. The van der Waals surface area contributed by atoms with Gasteiger partial charge < -0.3 is 89.3 Å². The molecule has 3 aliphatic heterocycles. The standard InChI is InChI=1S/C58H97N7O18S/c1-44(66)83-57-48(41-45-15-17-46(74-2)18-16-45)65(42-49(57)67)55(72)20-19-54(71)62-24-26-76-28-30-78-32-34-80-36-38-82-40-39-81-37-35-79-33-31-77-29-27-75-25-23-61-53(70)13-6-4-10-21-59-51(68)12-5-3-9-22-60-52(69)14-8-7-11-50-56-47(43-84-50)63-58(73)64-56/h15-18,47-50,56-57,67H,3-14,19-43H2,1-2H3,(H,59,68)(H,60,69)(H,61,70)(H,62,71)(H2,63,64,73)/t47-,48+,49-,50-,56-,57-/m0/s1. The topological polar surface area (TPSA) is 307 Å². The molecule has 0 aliphatic carbocycles. The quantitative estimate of drug-likeness (QED) is 0.0279. The smallest absolute Gasteiger partial charge is 0.315 e. The summed E-state index contributed by atoms with van der Waals surface area (Å²) in [6.45, 7) is 9.63. The summed E-state index contributed by atoms with van der Waals surface area (Å²) in [6.07, 6.45) is 7.44. The average Bonchev–Trinajstić information content (AvgIpc) is 4.38. The zero-order valence-corrected chi connectivity index (χ0v) is 50.5. The predicted octanol–water partition coefficient (Wildman–Crippen LogP) is 1.97. The van der Waals surface area contributed by atoms with Crippen molar-refractivity contribution in [3.8, 4) is 5.75 Å². The number of hydrogen-bond acceptors (Lipinski definition) is 19. The number of aliphatic hydroxyl groups is 1. The number of carbonyl (C=O) groups is 7. The van der Waals surface area contributed by atoms with Gasteiger partial charge in [0, 0.05) is 76.2 Å². The highest BCUT2D eigenvalue weighted by molar-refractivity contribution is 8.00. The van der Waals surface area contributed by atoms with Crippen LogP contribution in [-0.4, -0.2) is 238 Å². The Labute approximate surface area is 500 Å². The molecule has 0 unspecified atom stereocenters. The second kappa shape index (κ2) is 45.4. The molecule has 478 valence electrons. The second-order valence-electron chi connectivity index (χ2n) is 20.6. The Kier molecular flexibility index (Phi) is 38.7. The summed E-state index contributed by atoms with van der Waals surface area (Å²) < 4.78 is 54.8. The van der Waals surface area contributed by atoms with E-state index in [-0.39, 0.29) is 80.2 Å². The highest BCUT2D eigenvalue weighted by atomic mass is 32.2. The molecule has 25 nitrogen and oxygen atoms in total. The molecule has 26 heteroatoms. The molecule has 7 N–H and O–H groups in total. The average molecular weight is 1210 g/mol. The van der Waals surface area contributed by atoms with Crippen LogP contribution in [0.1, 0.15) is 102 Å². The van der Waals surface area contributed by atoms with Gasteiger partial charge >= 0.3 is 12.0 Å². The minimum Gasteiger partial charge on any atom is -0.497 e. The molecule has 4 rings (SSSR count). The van der Waals surface area contributed by atoms with Crippen LogP contribution >= 0.6 is 11.8 Å². The first-order valence-electron chi connectivity index (χ1n) is 30.1. The largest absolute Gasteiger partial charge is 0.497 e. The number of nitrogens with zero attached hydrogens (tertiary/aromatic N) is 1. The molecule has 3 saturated heterocycles. The lowest BCUT2D eigenvalue weighted by molar-refractivity contribution is -0.152. The first-order chi connectivity index (χ1) is 40.9. The van der Waals surface area contributed by atoms with Crippen LogP contribution in [0, 0.1) is 0 Å². The maximum atomic E-state index is 13.2. The summed E-state index contributed by atoms with van der Waals surface area (Å²) in [5.74, 6) is 0.539. The number of fused-ring (bicyclic) bond motifs is 1. The van der Waals surface area contributed by atoms with Crippen molar-refractivity contribution in [2.24, 2.45) is 0 Å². The van der Waals surface area contributed by atoms with Crippen molar-refractivity contribution in [1.82, 2.24) is 36.8 Å². The molecular formula is C58H97N7O18S. The lowest BCUT2D eigenvalue weighted by Crippen LogP contribution is -2.43. The fourth-order valence-corrected chi connectivity index (χ4v) is 11.1. The predicted molar refractivity (Wildman–Crippen MR) is 312 cm³/mol. The number of ether oxygens (including phenoxy) is 10. The molecule has 0 saturated carbocycles. The number of benzene rings is 1. The third-order valence-electron chi connectivity index (χ3n) is 14.0. The van der Waals surface area contributed by atoms with E-state index in [9.17, 15) is 38.7 Å². The SMILES string of the molecule is COc1ccc(C[C@@H]2[C@H](OC(C)=O)[C@@H](O)CN2C(=O)CCC(=O)NCCOCCOCCOCCOCCOCCOCCOCCOCCNC(=O)CCCCCNC(=O)CCCCCNC(=O)CCCC[C@@H]2SC[C@@H]3NC(=O)N[C@@H]32)cc1. The normalized spacial score (nSPS) is 18.9. The number of hydrogen-bond donors (Lipinski definition) is 7. The number of aliphatic hydroxyl groups excluding tert-OH is 1. The molecule has 1 aromatic carbocycles. The van der Waals surface area contributed by atoms with E-state index in [1.807, 2.05) is 23.9 Å². The zero-order chi connectivity index (χ0) is 60.2. The minimum atomic E-state index is -1.04. The number of esters is 1. The van der Waals surface area contributed by atoms with Gasteiger partial charge in [-0.25, -0.2) is 4.79 Å². The van der Waals surface area contributed by atoms with E-state index >= 15 is 0 Å². The van der Waals surface area contributed by atoms with Gasteiger partial charge in [-0.15, -0.1) is 0 Å². The number of unbranched alkanes of at least 4 members (excludes halogenated alkanes) is 5. The molecule has 7 amide bonds. The van der Waals surface area contributed by atoms with Crippen molar-refractivity contribution in [3.05, 3.63) is 29.8 Å². The molecule has 3 heterocycles. The van der Waals surface area contributed by atoms with Crippen molar-refractivity contribution in [2.75, 3.05) is 151 Å². The maximum absolute atomic E-state index is 13.2. The van der Waals surface area contributed by atoms with Gasteiger partial charge in [-0.05, 0) is 62.6 Å². The monoisotopic (exact) mass is 1210 g/mol. The number of methoxy groups -OCH3 is 1. The molecule has 0 bridgehead atoms. The third kappa shape index (κ3) is 32.6. The fraction of sp³-hybridized carbons (Fsp3) is 0.776. The van der Waals surface area contributed by atoms with Crippen molar-refractivity contribution >= 4 is 53.3 Å². The molecule has 6 atom stereocenters. The first kappa shape index (κ1) is 71.6. The molecule has 84 heavy (non-hydrogen) atoms. The Morgan fingerprint density at radius 1 is 0.560 bits per heavy atom. The number of likely N-dealkylation sites (tertiary alicyclic amines) is 1. The van der Waals surface area contributed by atoms with Crippen LogP contribution in [0.5, 0.6) is 5.75 Å². The Bertz CT molecular complexity index is 2020. The van der Waals surface area contributed by atoms with Crippen LogP contribution in [0.4, 0.5) is 4.79 Å². The van der Waals surface area contributed by atoms with E-state index in [1.54, 1.807) is 19.2 Å². The fourth-order valence-electron chi connectivity index (χ4n) is 9.53. The van der Waals surface area contributed by atoms with E-state index in [0.29, 0.717) is 155 Å². The summed E-state index contributed by atoms with van der Waals surface area (Å²) in [5, 5.41) is 28.6. The number of nitrogens with one attached hydrogen (secondary N) is 6. The van der Waals surface area contributed by atoms with Gasteiger partial charge in [-0.3, -0.25) is 28.8 Å². The van der Waals surface area contributed by atoms with Crippen molar-refractivity contribution < 1.29 is 86.0 Å². The van der Waals surface area contributed by atoms with Crippen molar-refractivity contribution in [3.63, 3.8) is 0 Å². The van der Waals surface area contributed by atoms with E-state index < -0.39 is 24.2 Å². The molecule has 3 aliphatic rings. The van der Waals surface area contributed by atoms with Gasteiger partial charge in [0.2, 0.25) is 29.5 Å². The highest BCUT2D eigenvalue weighted by Gasteiger charge is 2.45. The summed E-state index contributed by atoms with van der Waals surface area (Å²) in [6, 6.07) is 7.08. The maximum Gasteiger partial charge on any atom is 0.315 e. The van der Waals surface area contributed by atoms with E-state index in [0.717, 1.165) is 69.1 Å². The molecule has 3 fully saturated rings. The lowest BCUT2D eigenvalue weighted by atomic mass is 10.0. The lowest BCUT2D eigenvalue weighted by Gasteiger charge is -2.28. The van der Waals surface area contributed by atoms with Crippen LogP contribution in [0.25, 0.3) is 0 Å². The Hall–Kier alpha value is -4.90. The second-order valence-corrected chi connectivity index (χ2v) is 21.9. The van der Waals surface area contributed by atoms with E-state index in [4.69, 9.17) is 47.4 Å². The Morgan fingerprint density at radius 2 is 1.00 bits per heavy atom. The third-order valence-corrected chi connectivity index (χ3v) is 15.5. The number of rotatable bonds is 51. The highest BCUT2D eigenvalue weighted by Crippen LogP contribution is 2.33. The van der Waals surface area contributed by atoms with E-state index in [2.05, 4.69) is 31.9 Å². The number of β-amino-alcohol motifs (C(OH)–C–C–N with tert-alkyl or cyclic N) is 1. The Morgan fingerprint density at radius 3 is 1.46 bits per heavy atom. The van der Waals surface area contributed by atoms with Crippen LogP contribution < -0.4 is 36.6 Å². The summed E-state index contributed by atoms with van der Waals surface area (Å²) in [7, 11) is 1.57. The number of amides is 7.